The van der Waals surface area contributed by atoms with E-state index < -0.39 is 23.8 Å². The van der Waals surface area contributed by atoms with Gasteiger partial charge in [0.25, 0.3) is 0 Å². The number of hydrogen-bond donors (Lipinski definition) is 1. The molecule has 1 amide bonds. The van der Waals surface area contributed by atoms with Crippen LogP contribution in [-0.4, -0.2) is 47.5 Å². The molecule has 1 unspecified atom stereocenters. The maximum Gasteiger partial charge on any atom is 0.397 e. The summed E-state index contributed by atoms with van der Waals surface area (Å²) in [6.07, 6.45) is 0.389. The Kier molecular flexibility index (Phi) is 3.65. The first-order chi connectivity index (χ1) is 7.06. The summed E-state index contributed by atoms with van der Waals surface area (Å²) in [5.74, 6) is -3.17. The van der Waals surface area contributed by atoms with Gasteiger partial charge < -0.3 is 14.7 Å². The first-order valence-electron chi connectivity index (χ1n) is 4.75. The normalized spacial score (nSPS) is 20.1. The molecule has 84 valence electrons. The van der Waals surface area contributed by atoms with Crippen molar-refractivity contribution in [3.05, 3.63) is 0 Å². The van der Waals surface area contributed by atoms with E-state index in [-0.39, 0.29) is 13.2 Å². The molecule has 1 rings (SSSR count). The number of esters is 1. The summed E-state index contributed by atoms with van der Waals surface area (Å²) < 4.78 is 4.53. The van der Waals surface area contributed by atoms with Crippen molar-refractivity contribution in [2.24, 2.45) is 5.92 Å². The Morgan fingerprint density at radius 1 is 1.47 bits per heavy atom. The van der Waals surface area contributed by atoms with Crippen LogP contribution in [0.25, 0.3) is 0 Å². The monoisotopic (exact) mass is 215 g/mol. The minimum absolute atomic E-state index is 0.0903. The van der Waals surface area contributed by atoms with Crippen molar-refractivity contribution in [1.29, 1.82) is 0 Å². The van der Waals surface area contributed by atoms with Crippen LogP contribution in [0.3, 0.4) is 0 Å². The van der Waals surface area contributed by atoms with E-state index in [9.17, 15) is 14.4 Å². The van der Waals surface area contributed by atoms with E-state index >= 15 is 0 Å². The highest BCUT2D eigenvalue weighted by Crippen LogP contribution is 2.16. The van der Waals surface area contributed by atoms with Gasteiger partial charge in [0.05, 0.1) is 12.5 Å². The van der Waals surface area contributed by atoms with Gasteiger partial charge in [0.15, 0.2) is 0 Å². The number of carbonyl (C=O) groups is 3. The molecule has 1 aliphatic heterocycles. The summed E-state index contributed by atoms with van der Waals surface area (Å²) in [6.45, 7) is 2.14. The van der Waals surface area contributed by atoms with Crippen molar-refractivity contribution in [1.82, 2.24) is 4.90 Å². The van der Waals surface area contributed by atoms with Crippen molar-refractivity contribution in [3.8, 4) is 0 Å². The molecule has 1 atom stereocenters. The predicted molar refractivity (Wildman–Crippen MR) is 49.0 cm³/mol. The molecule has 0 aliphatic carbocycles. The lowest BCUT2D eigenvalue weighted by Gasteiger charge is -2.13. The second kappa shape index (κ2) is 4.77. The molecule has 0 spiro atoms. The molecular weight excluding hydrogens is 202 g/mol. The fourth-order valence-electron chi connectivity index (χ4n) is 1.47. The Morgan fingerprint density at radius 3 is 2.60 bits per heavy atom. The molecular formula is C9H13NO5. The zero-order chi connectivity index (χ0) is 11.4. The molecule has 0 aromatic carbocycles. The largest absolute Gasteiger partial charge is 0.481 e. The van der Waals surface area contributed by atoms with E-state index in [4.69, 9.17) is 5.11 Å². The van der Waals surface area contributed by atoms with Crippen molar-refractivity contribution < 1.29 is 24.2 Å². The van der Waals surface area contributed by atoms with Gasteiger partial charge in [0, 0.05) is 13.1 Å². The molecule has 1 saturated heterocycles. The molecule has 0 saturated carbocycles. The number of likely N-dealkylation sites (tertiary alicyclic amines) is 1. The van der Waals surface area contributed by atoms with Crippen LogP contribution in [0.15, 0.2) is 0 Å². The Hall–Kier alpha value is -1.59. The third-order valence-corrected chi connectivity index (χ3v) is 2.27. The highest BCUT2D eigenvalue weighted by molar-refractivity contribution is 6.32. The Balaban J connectivity index is 2.50. The predicted octanol–water partition coefficient (Wildman–Crippen LogP) is -0.517. The standard InChI is InChI=1S/C9H13NO5/c1-2-15-9(14)7(11)10-4-3-6(5-10)8(12)13/h6H,2-5H2,1H3,(H,12,13). The molecule has 1 aliphatic rings. The number of carbonyl (C=O) groups excluding carboxylic acids is 2. The number of rotatable bonds is 2. The van der Waals surface area contributed by atoms with Crippen LogP contribution in [0.1, 0.15) is 13.3 Å². The van der Waals surface area contributed by atoms with Crippen LogP contribution in [0, 0.1) is 5.92 Å². The van der Waals surface area contributed by atoms with Gasteiger partial charge in [-0.2, -0.15) is 0 Å². The smallest absolute Gasteiger partial charge is 0.397 e. The van der Waals surface area contributed by atoms with Gasteiger partial charge >= 0.3 is 17.8 Å². The van der Waals surface area contributed by atoms with Gasteiger partial charge in [0.2, 0.25) is 0 Å². The molecule has 6 nitrogen and oxygen atoms in total. The lowest BCUT2D eigenvalue weighted by molar-refractivity contribution is -0.159. The highest BCUT2D eigenvalue weighted by Gasteiger charge is 2.34. The number of nitrogens with zero attached hydrogens (tertiary/aromatic N) is 1. The van der Waals surface area contributed by atoms with Crippen molar-refractivity contribution >= 4 is 17.8 Å². The quantitative estimate of drug-likeness (QED) is 0.495. The van der Waals surface area contributed by atoms with Crippen LogP contribution < -0.4 is 0 Å². The average Bonchev–Trinajstić information content (AvgIpc) is 2.65. The molecule has 0 radical (unpaired) electrons. The molecule has 1 heterocycles. The molecule has 1 fully saturated rings. The van der Waals surface area contributed by atoms with E-state index in [1.165, 1.54) is 4.90 Å². The summed E-state index contributed by atoms with van der Waals surface area (Å²) in [5.41, 5.74) is 0. The number of aliphatic carboxylic acids is 1. The van der Waals surface area contributed by atoms with Crippen molar-refractivity contribution in [3.63, 3.8) is 0 Å². The molecule has 6 heteroatoms. The lowest BCUT2D eigenvalue weighted by Crippen LogP contribution is -2.36. The fraction of sp³-hybridized carbons (Fsp3) is 0.667. The topological polar surface area (TPSA) is 83.9 Å². The Morgan fingerprint density at radius 2 is 2.13 bits per heavy atom. The van der Waals surface area contributed by atoms with Gasteiger partial charge in [-0.15, -0.1) is 0 Å². The summed E-state index contributed by atoms with van der Waals surface area (Å²) in [7, 11) is 0. The second-order valence-electron chi connectivity index (χ2n) is 3.30. The van der Waals surface area contributed by atoms with Crippen LogP contribution in [0.2, 0.25) is 0 Å². The van der Waals surface area contributed by atoms with E-state index in [2.05, 4.69) is 4.74 Å². The van der Waals surface area contributed by atoms with Crippen LogP contribution in [-0.2, 0) is 19.1 Å². The summed E-state index contributed by atoms with van der Waals surface area (Å²) >= 11 is 0. The van der Waals surface area contributed by atoms with Gasteiger partial charge in [0.1, 0.15) is 0 Å². The van der Waals surface area contributed by atoms with E-state index in [1.807, 2.05) is 0 Å². The maximum atomic E-state index is 11.4. The SMILES string of the molecule is CCOC(=O)C(=O)N1CCC(C(=O)O)C1. The summed E-state index contributed by atoms with van der Waals surface area (Å²) in [4.78, 5) is 34.2. The third kappa shape index (κ3) is 2.68. The van der Waals surface area contributed by atoms with Gasteiger partial charge in [-0.05, 0) is 13.3 Å². The minimum Gasteiger partial charge on any atom is -0.481 e. The minimum atomic E-state index is -0.936. The van der Waals surface area contributed by atoms with Crippen LogP contribution in [0.5, 0.6) is 0 Å². The highest BCUT2D eigenvalue weighted by atomic mass is 16.5. The van der Waals surface area contributed by atoms with Crippen LogP contribution in [0.4, 0.5) is 0 Å². The Bertz CT molecular complexity index is 288. The second-order valence-corrected chi connectivity index (χ2v) is 3.30. The maximum absolute atomic E-state index is 11.4. The molecule has 15 heavy (non-hydrogen) atoms. The van der Waals surface area contributed by atoms with Crippen molar-refractivity contribution in [2.45, 2.75) is 13.3 Å². The number of carboxylic acid groups (broad SMARTS) is 1. The molecule has 0 aromatic rings. The average molecular weight is 215 g/mol. The van der Waals surface area contributed by atoms with Crippen LogP contribution >= 0.6 is 0 Å². The number of ether oxygens (including phenoxy) is 1. The Labute approximate surface area is 86.8 Å². The lowest BCUT2D eigenvalue weighted by atomic mass is 10.1. The van der Waals surface area contributed by atoms with Gasteiger partial charge in [-0.3, -0.25) is 9.59 Å². The first-order valence-corrected chi connectivity index (χ1v) is 4.75. The van der Waals surface area contributed by atoms with E-state index in [1.54, 1.807) is 6.92 Å². The molecule has 1 N–H and O–H groups in total. The van der Waals surface area contributed by atoms with Gasteiger partial charge in [-0.25, -0.2) is 4.79 Å². The summed E-state index contributed by atoms with van der Waals surface area (Å²) in [5, 5.41) is 8.70. The summed E-state index contributed by atoms with van der Waals surface area (Å²) in [6, 6.07) is 0. The van der Waals surface area contributed by atoms with E-state index in [0.717, 1.165) is 0 Å². The zero-order valence-corrected chi connectivity index (χ0v) is 8.43. The molecule has 0 aromatic heterocycles. The first kappa shape index (κ1) is 11.5. The van der Waals surface area contributed by atoms with E-state index in [0.29, 0.717) is 13.0 Å². The number of carboxylic acids is 1. The number of amides is 1. The zero-order valence-electron chi connectivity index (χ0n) is 8.43. The third-order valence-electron chi connectivity index (χ3n) is 2.27. The fourth-order valence-corrected chi connectivity index (χ4v) is 1.47. The van der Waals surface area contributed by atoms with Crippen molar-refractivity contribution in [2.75, 3.05) is 19.7 Å². The molecule has 0 bridgehead atoms. The number of hydrogen-bond acceptors (Lipinski definition) is 4. The van der Waals surface area contributed by atoms with Gasteiger partial charge in [-0.1, -0.05) is 0 Å².